The maximum atomic E-state index is 14.2. The van der Waals surface area contributed by atoms with Crippen LogP contribution in [0.3, 0.4) is 0 Å². The summed E-state index contributed by atoms with van der Waals surface area (Å²) >= 11 is 0.647. The van der Waals surface area contributed by atoms with Crippen molar-refractivity contribution in [2.45, 2.75) is 75.0 Å². The number of benzene rings is 1. The second-order valence-corrected chi connectivity index (χ2v) is 8.05. The van der Waals surface area contributed by atoms with Crippen LogP contribution in [0.15, 0.2) is 9.79 Å². The van der Waals surface area contributed by atoms with Crippen molar-refractivity contribution in [3.05, 3.63) is 23.3 Å². The van der Waals surface area contributed by atoms with Gasteiger partial charge in [-0.1, -0.05) is 57.4 Å². The molecule has 27 heavy (non-hydrogen) atoms. The normalized spacial score (nSPS) is 12.6. The summed E-state index contributed by atoms with van der Waals surface area (Å²) in [6, 6.07) is 0. The minimum Gasteiger partial charge on any atom is -0.220 e. The van der Waals surface area contributed by atoms with E-state index >= 15 is 0 Å². The van der Waals surface area contributed by atoms with Crippen molar-refractivity contribution < 1.29 is 32.2 Å². The maximum Gasteiger partial charge on any atom is 0.179 e. The Morgan fingerprint density at radius 2 is 1.37 bits per heavy atom. The van der Waals surface area contributed by atoms with E-state index in [0.717, 1.165) is 63.1 Å². The number of hydrogen-bond donors (Lipinski definition) is 1. The van der Waals surface area contributed by atoms with Crippen LogP contribution in [0.25, 0.3) is 0 Å². The summed E-state index contributed by atoms with van der Waals surface area (Å²) in [4.78, 5) is -1.72. The number of thioether (sulfide) groups is 1. The molecule has 0 amide bonds. The quantitative estimate of drug-likeness (QED) is 0.0628. The third kappa shape index (κ3) is 7.81. The van der Waals surface area contributed by atoms with Gasteiger partial charge in [-0.3, -0.25) is 0 Å². The predicted octanol–water partition coefficient (Wildman–Crippen LogP) is 7.54. The van der Waals surface area contributed by atoms with Crippen molar-refractivity contribution in [2.24, 2.45) is 5.92 Å². The summed E-state index contributed by atoms with van der Waals surface area (Å²) in [6.45, 7) is 4.19. The summed E-state index contributed by atoms with van der Waals surface area (Å²) in [7, 11) is 0. The minimum atomic E-state index is -1.58. The highest BCUT2D eigenvalue weighted by Crippen LogP contribution is 2.37. The van der Waals surface area contributed by atoms with Gasteiger partial charge in [-0.25, -0.2) is 22.8 Å². The molecular formula is C18H26F4O3S2. The van der Waals surface area contributed by atoms with Crippen LogP contribution < -0.4 is 0 Å². The molecule has 0 aliphatic carbocycles. The molecule has 0 bridgehead atoms. The van der Waals surface area contributed by atoms with Crippen LogP contribution in [0.2, 0.25) is 0 Å². The lowest BCUT2D eigenvalue weighted by Gasteiger charge is -2.17. The van der Waals surface area contributed by atoms with Gasteiger partial charge in [0.15, 0.2) is 23.3 Å². The van der Waals surface area contributed by atoms with Gasteiger partial charge in [0, 0.05) is 5.75 Å². The van der Waals surface area contributed by atoms with Gasteiger partial charge < -0.3 is 0 Å². The minimum absolute atomic E-state index is 0.150. The largest absolute Gasteiger partial charge is 0.220 e. The van der Waals surface area contributed by atoms with Gasteiger partial charge in [-0.05, 0) is 18.8 Å². The number of rotatable bonds is 14. The molecule has 9 heteroatoms. The standard InChI is InChI=1S/C18H26F4O3S2/c1-3-5-7-8-10-12(9-6-4-2)11-26-17-13(19)15(21)18(27-25-24-23)16(22)14(17)20/h12,23H,3-11H2,1-2H3. The first-order valence-electron chi connectivity index (χ1n) is 9.11. The van der Waals surface area contributed by atoms with Gasteiger partial charge >= 0.3 is 0 Å². The molecule has 0 aliphatic rings. The van der Waals surface area contributed by atoms with Crippen molar-refractivity contribution in [3.63, 3.8) is 0 Å². The highest BCUT2D eigenvalue weighted by Gasteiger charge is 2.27. The summed E-state index contributed by atoms with van der Waals surface area (Å²) in [5.41, 5.74) is 0. The Bertz CT molecular complexity index is 547. The first-order valence-corrected chi connectivity index (χ1v) is 10.8. The molecule has 0 radical (unpaired) electrons. The van der Waals surface area contributed by atoms with Crippen LogP contribution in [0.1, 0.15) is 65.2 Å². The molecule has 1 aromatic carbocycles. The Morgan fingerprint density at radius 3 is 1.93 bits per heavy atom. The van der Waals surface area contributed by atoms with Crippen LogP contribution in [0, 0.1) is 29.2 Å². The summed E-state index contributed by atoms with van der Waals surface area (Å²) in [5, 5.41) is 11.3. The fourth-order valence-electron chi connectivity index (χ4n) is 2.71. The lowest BCUT2D eigenvalue weighted by molar-refractivity contribution is -0.432. The molecule has 1 unspecified atom stereocenters. The number of halogens is 4. The van der Waals surface area contributed by atoms with Gasteiger partial charge in [0.05, 0.1) is 16.9 Å². The van der Waals surface area contributed by atoms with Crippen molar-refractivity contribution in [1.29, 1.82) is 0 Å². The van der Waals surface area contributed by atoms with Crippen LogP contribution in [0.4, 0.5) is 17.6 Å². The second-order valence-electron chi connectivity index (χ2n) is 6.31. The van der Waals surface area contributed by atoms with Gasteiger partial charge in [0.2, 0.25) is 0 Å². The second kappa shape index (κ2) is 13.7. The van der Waals surface area contributed by atoms with Crippen molar-refractivity contribution in [1.82, 2.24) is 0 Å². The van der Waals surface area contributed by atoms with E-state index in [9.17, 15) is 17.6 Å². The molecule has 0 saturated carbocycles. The molecule has 0 spiro atoms. The molecule has 156 valence electrons. The monoisotopic (exact) mass is 430 g/mol. The van der Waals surface area contributed by atoms with Gasteiger partial charge in [0.1, 0.15) is 4.90 Å². The lowest BCUT2D eigenvalue weighted by Crippen LogP contribution is -2.07. The highest BCUT2D eigenvalue weighted by atomic mass is 32.2. The smallest absolute Gasteiger partial charge is 0.179 e. The first-order chi connectivity index (χ1) is 13.0. The molecule has 0 aromatic heterocycles. The molecule has 0 fully saturated rings. The first kappa shape index (κ1) is 24.6. The fraction of sp³-hybridized carbons (Fsp3) is 0.667. The molecule has 1 atom stereocenters. The van der Waals surface area contributed by atoms with Crippen molar-refractivity contribution in [2.75, 3.05) is 5.75 Å². The average molecular weight is 431 g/mol. The van der Waals surface area contributed by atoms with E-state index in [-0.39, 0.29) is 18.0 Å². The van der Waals surface area contributed by atoms with Gasteiger partial charge in [0.25, 0.3) is 0 Å². The zero-order valence-corrected chi connectivity index (χ0v) is 17.2. The van der Waals surface area contributed by atoms with E-state index in [2.05, 4.69) is 23.2 Å². The molecule has 0 heterocycles. The van der Waals surface area contributed by atoms with E-state index in [1.165, 1.54) is 0 Å². The predicted molar refractivity (Wildman–Crippen MR) is 99.4 cm³/mol. The molecule has 0 saturated heterocycles. The Balaban J connectivity index is 2.85. The molecule has 0 aliphatic heterocycles. The Hall–Kier alpha value is -0.480. The van der Waals surface area contributed by atoms with Crippen LogP contribution >= 0.6 is 23.8 Å². The van der Waals surface area contributed by atoms with Crippen molar-refractivity contribution in [3.8, 4) is 0 Å². The zero-order valence-electron chi connectivity index (χ0n) is 15.5. The summed E-state index contributed by atoms with van der Waals surface area (Å²) in [5.74, 6) is -5.47. The Labute approximate surface area is 166 Å². The van der Waals surface area contributed by atoms with Crippen molar-refractivity contribution >= 4 is 23.8 Å². The SMILES string of the molecule is CCCCCCC(CCCC)CSc1c(F)c(F)c(SOOO)c(F)c1F. The topological polar surface area (TPSA) is 38.7 Å². The Kier molecular flexibility index (Phi) is 12.4. The van der Waals surface area contributed by atoms with E-state index in [4.69, 9.17) is 5.26 Å². The van der Waals surface area contributed by atoms with E-state index in [1.807, 2.05) is 0 Å². The van der Waals surface area contributed by atoms with Gasteiger partial charge in [-0.15, -0.1) is 16.1 Å². The number of unbranched alkanes of at least 4 members (excludes halogenated alkanes) is 4. The molecular weight excluding hydrogens is 404 g/mol. The van der Waals surface area contributed by atoms with Gasteiger partial charge in [-0.2, -0.15) is 0 Å². The highest BCUT2D eigenvalue weighted by molar-refractivity contribution is 7.99. The van der Waals surface area contributed by atoms with E-state index < -0.39 is 33.1 Å². The lowest BCUT2D eigenvalue weighted by atomic mass is 9.97. The third-order valence-corrected chi connectivity index (χ3v) is 6.16. The van der Waals surface area contributed by atoms with Crippen LogP contribution in [0.5, 0.6) is 0 Å². The molecule has 1 rings (SSSR count). The average Bonchev–Trinajstić information content (AvgIpc) is 2.67. The Morgan fingerprint density at radius 1 is 0.815 bits per heavy atom. The molecule has 1 aromatic rings. The maximum absolute atomic E-state index is 14.2. The molecule has 1 N–H and O–H groups in total. The van der Waals surface area contributed by atoms with Crippen LogP contribution in [-0.4, -0.2) is 11.0 Å². The number of hydrogen-bond acceptors (Lipinski definition) is 5. The summed E-state index contributed by atoms with van der Waals surface area (Å²) < 4.78 is 60.3. The van der Waals surface area contributed by atoms with E-state index in [0.29, 0.717) is 5.75 Å². The molecule has 3 nitrogen and oxygen atoms in total. The summed E-state index contributed by atoms with van der Waals surface area (Å²) in [6.07, 6.45) is 8.27. The van der Waals surface area contributed by atoms with Crippen LogP contribution in [-0.2, 0) is 9.37 Å². The zero-order chi connectivity index (χ0) is 20.2. The third-order valence-electron chi connectivity index (χ3n) is 4.23. The van der Waals surface area contributed by atoms with E-state index in [1.54, 1.807) is 0 Å². The fourth-order valence-corrected chi connectivity index (χ4v) is 4.30.